The zero-order valence-electron chi connectivity index (χ0n) is 12.2. The Bertz CT molecular complexity index is 803. The molecule has 0 spiro atoms. The van der Waals surface area contributed by atoms with Crippen LogP contribution in [0.5, 0.6) is 0 Å². The minimum atomic E-state index is 0.354. The van der Waals surface area contributed by atoms with E-state index in [-0.39, 0.29) is 0 Å². The lowest BCUT2D eigenvalue weighted by atomic mass is 9.96. The van der Waals surface area contributed by atoms with Crippen molar-refractivity contribution in [3.63, 3.8) is 0 Å². The van der Waals surface area contributed by atoms with Gasteiger partial charge in [0.1, 0.15) is 11.5 Å². The molecule has 0 aliphatic heterocycles. The second-order valence-corrected chi connectivity index (χ2v) is 6.14. The lowest BCUT2D eigenvalue weighted by Gasteiger charge is -2.12. The van der Waals surface area contributed by atoms with Gasteiger partial charge in [-0.25, -0.2) is 4.98 Å². The minimum absolute atomic E-state index is 0.354. The summed E-state index contributed by atoms with van der Waals surface area (Å²) >= 11 is 6.39. The Hall–Kier alpha value is -2.13. The number of fused-ring (bicyclic) bond motifs is 1. The molecule has 3 nitrogen and oxygen atoms in total. The molecule has 1 atom stereocenters. The van der Waals surface area contributed by atoms with Crippen molar-refractivity contribution in [2.24, 2.45) is 0 Å². The van der Waals surface area contributed by atoms with Crippen LogP contribution in [0.25, 0.3) is 11.6 Å². The summed E-state index contributed by atoms with van der Waals surface area (Å²) in [6.07, 6.45) is 3.46. The Balaban J connectivity index is 1.61. The van der Waals surface area contributed by atoms with Crippen molar-refractivity contribution in [2.75, 3.05) is 0 Å². The van der Waals surface area contributed by atoms with Crippen LogP contribution in [0.15, 0.2) is 47.0 Å². The van der Waals surface area contributed by atoms with Crippen molar-refractivity contribution in [2.45, 2.75) is 25.7 Å². The molecule has 0 saturated heterocycles. The number of nitrogens with zero attached hydrogens (tertiary/aromatic N) is 2. The lowest BCUT2D eigenvalue weighted by molar-refractivity contribution is 0.510. The van der Waals surface area contributed by atoms with Crippen LogP contribution in [0.1, 0.15) is 28.5 Å². The number of aryl methyl sites for hydroxylation is 1. The molecule has 1 aliphatic rings. The summed E-state index contributed by atoms with van der Waals surface area (Å²) in [5, 5.41) is 0.833. The molecule has 1 aliphatic carbocycles. The van der Waals surface area contributed by atoms with E-state index < -0.39 is 0 Å². The maximum Gasteiger partial charge on any atom is 0.245 e. The summed E-state index contributed by atoms with van der Waals surface area (Å²) in [7, 11) is 0. The van der Waals surface area contributed by atoms with Crippen LogP contribution >= 0.6 is 11.6 Å². The van der Waals surface area contributed by atoms with Gasteiger partial charge in [-0.3, -0.25) is 4.98 Å². The molecule has 0 radical (unpaired) electrons. The van der Waals surface area contributed by atoms with Gasteiger partial charge < -0.3 is 4.42 Å². The molecule has 1 aromatic carbocycles. The molecule has 0 saturated carbocycles. The van der Waals surface area contributed by atoms with Gasteiger partial charge in [0.05, 0.1) is 5.69 Å². The first-order valence-electron chi connectivity index (χ1n) is 7.37. The zero-order chi connectivity index (χ0) is 15.1. The largest absolute Gasteiger partial charge is 0.440 e. The summed E-state index contributed by atoms with van der Waals surface area (Å²) in [6.45, 7) is 2.05. The van der Waals surface area contributed by atoms with E-state index in [1.807, 2.05) is 24.3 Å². The van der Waals surface area contributed by atoms with Gasteiger partial charge in [-0.2, -0.15) is 0 Å². The fourth-order valence-corrected chi connectivity index (χ4v) is 3.40. The van der Waals surface area contributed by atoms with E-state index in [9.17, 15) is 0 Å². The van der Waals surface area contributed by atoms with Gasteiger partial charge in [-0.05, 0) is 42.2 Å². The Morgan fingerprint density at radius 1 is 1.18 bits per heavy atom. The summed E-state index contributed by atoms with van der Waals surface area (Å²) in [5.74, 6) is 1.92. The number of aromatic nitrogens is 2. The highest BCUT2D eigenvalue weighted by Crippen LogP contribution is 2.38. The first kappa shape index (κ1) is 13.5. The molecular weight excluding hydrogens is 296 g/mol. The van der Waals surface area contributed by atoms with Crippen LogP contribution in [-0.2, 0) is 12.8 Å². The predicted octanol–water partition coefficient (Wildman–Crippen LogP) is 4.58. The standard InChI is InChI=1S/C18H15ClN2O/c1-11-5-6-13(14(19)8-11)12-9-16-17(10-12)22-18(21-16)15-4-2-3-7-20-15/h2-8,12H,9-10H2,1H3. The van der Waals surface area contributed by atoms with Crippen molar-refractivity contribution in [1.82, 2.24) is 9.97 Å². The van der Waals surface area contributed by atoms with E-state index in [0.29, 0.717) is 11.8 Å². The number of halogens is 1. The molecule has 22 heavy (non-hydrogen) atoms. The average Bonchev–Trinajstić information content (AvgIpc) is 3.06. The molecule has 3 aromatic rings. The van der Waals surface area contributed by atoms with E-state index in [1.54, 1.807) is 6.20 Å². The average molecular weight is 311 g/mol. The third kappa shape index (κ3) is 2.32. The topological polar surface area (TPSA) is 38.9 Å². The summed E-state index contributed by atoms with van der Waals surface area (Å²) in [5.41, 5.74) is 4.17. The second kappa shape index (κ2) is 5.25. The fourth-order valence-electron chi connectivity index (χ4n) is 3.01. The second-order valence-electron chi connectivity index (χ2n) is 5.73. The molecule has 0 fully saturated rings. The number of rotatable bonds is 2. The van der Waals surface area contributed by atoms with Crippen molar-refractivity contribution in [1.29, 1.82) is 0 Å². The molecule has 0 bridgehead atoms. The van der Waals surface area contributed by atoms with Crippen molar-refractivity contribution >= 4 is 11.6 Å². The predicted molar refractivity (Wildman–Crippen MR) is 86.1 cm³/mol. The molecule has 0 N–H and O–H groups in total. The molecule has 110 valence electrons. The zero-order valence-corrected chi connectivity index (χ0v) is 13.0. The van der Waals surface area contributed by atoms with Crippen LogP contribution in [0, 0.1) is 6.92 Å². The summed E-state index contributed by atoms with van der Waals surface area (Å²) in [6, 6.07) is 12.0. The Labute approximate surface area is 134 Å². The number of oxazole rings is 1. The fraction of sp³-hybridized carbons (Fsp3) is 0.222. The van der Waals surface area contributed by atoms with E-state index in [1.165, 1.54) is 11.1 Å². The highest BCUT2D eigenvalue weighted by Gasteiger charge is 2.30. The highest BCUT2D eigenvalue weighted by atomic mass is 35.5. The Morgan fingerprint density at radius 2 is 2.09 bits per heavy atom. The number of hydrogen-bond acceptors (Lipinski definition) is 3. The number of hydrogen-bond donors (Lipinski definition) is 0. The van der Waals surface area contributed by atoms with Gasteiger partial charge in [-0.15, -0.1) is 0 Å². The monoisotopic (exact) mass is 310 g/mol. The van der Waals surface area contributed by atoms with Crippen LogP contribution in [0.2, 0.25) is 5.02 Å². The van der Waals surface area contributed by atoms with E-state index in [4.69, 9.17) is 16.0 Å². The lowest BCUT2D eigenvalue weighted by Crippen LogP contribution is -2.00. The van der Waals surface area contributed by atoms with Crippen molar-refractivity contribution in [3.05, 3.63) is 70.2 Å². The summed E-state index contributed by atoms with van der Waals surface area (Å²) in [4.78, 5) is 8.90. The summed E-state index contributed by atoms with van der Waals surface area (Å²) < 4.78 is 5.91. The molecular formula is C18H15ClN2O. The van der Waals surface area contributed by atoms with Crippen LogP contribution < -0.4 is 0 Å². The Kier molecular flexibility index (Phi) is 3.23. The van der Waals surface area contributed by atoms with Crippen LogP contribution in [0.4, 0.5) is 0 Å². The van der Waals surface area contributed by atoms with Gasteiger partial charge >= 0.3 is 0 Å². The van der Waals surface area contributed by atoms with Crippen LogP contribution in [-0.4, -0.2) is 9.97 Å². The van der Waals surface area contributed by atoms with Crippen molar-refractivity contribution < 1.29 is 4.42 Å². The van der Waals surface area contributed by atoms with Gasteiger partial charge in [0.25, 0.3) is 0 Å². The van der Waals surface area contributed by atoms with E-state index in [2.05, 4.69) is 29.0 Å². The minimum Gasteiger partial charge on any atom is -0.440 e. The molecule has 1 unspecified atom stereocenters. The molecule has 2 heterocycles. The normalized spacial score (nSPS) is 16.7. The quantitative estimate of drug-likeness (QED) is 0.695. The highest BCUT2D eigenvalue weighted by molar-refractivity contribution is 6.31. The van der Waals surface area contributed by atoms with Gasteiger partial charge in [0.2, 0.25) is 5.89 Å². The maximum atomic E-state index is 6.39. The van der Waals surface area contributed by atoms with Crippen LogP contribution in [0.3, 0.4) is 0 Å². The molecule has 2 aromatic heterocycles. The number of pyridine rings is 1. The first-order chi connectivity index (χ1) is 10.7. The maximum absolute atomic E-state index is 6.39. The van der Waals surface area contributed by atoms with Gasteiger partial charge in [0, 0.05) is 24.1 Å². The molecule has 4 heteroatoms. The molecule has 0 amide bonds. The first-order valence-corrected chi connectivity index (χ1v) is 7.74. The Morgan fingerprint density at radius 3 is 2.82 bits per heavy atom. The smallest absolute Gasteiger partial charge is 0.245 e. The molecule has 4 rings (SSSR count). The van der Waals surface area contributed by atoms with E-state index >= 15 is 0 Å². The van der Waals surface area contributed by atoms with Gasteiger partial charge in [-0.1, -0.05) is 29.8 Å². The number of benzene rings is 1. The van der Waals surface area contributed by atoms with Gasteiger partial charge in [0.15, 0.2) is 0 Å². The van der Waals surface area contributed by atoms with E-state index in [0.717, 1.165) is 35.0 Å². The third-order valence-electron chi connectivity index (χ3n) is 4.13. The third-order valence-corrected chi connectivity index (χ3v) is 4.46. The van der Waals surface area contributed by atoms with Crippen molar-refractivity contribution in [3.8, 4) is 11.6 Å². The SMILES string of the molecule is Cc1ccc(C2Cc3nc(-c4ccccn4)oc3C2)c(Cl)c1.